The molecule has 0 radical (unpaired) electrons. The van der Waals surface area contributed by atoms with Gasteiger partial charge in [0.1, 0.15) is 11.5 Å². The van der Waals surface area contributed by atoms with E-state index in [1.807, 2.05) is 0 Å². The zero-order valence-corrected chi connectivity index (χ0v) is 11.8. The Morgan fingerprint density at radius 2 is 1.95 bits per heavy atom. The van der Waals surface area contributed by atoms with E-state index in [1.54, 1.807) is 12.1 Å². The number of furan rings is 1. The van der Waals surface area contributed by atoms with Crippen molar-refractivity contribution in [1.29, 1.82) is 0 Å². The van der Waals surface area contributed by atoms with E-state index in [-0.39, 0.29) is 5.02 Å². The summed E-state index contributed by atoms with van der Waals surface area (Å²) in [6, 6.07) is 7.77. The van der Waals surface area contributed by atoms with Crippen LogP contribution in [0.15, 0.2) is 34.7 Å². The predicted molar refractivity (Wildman–Crippen MR) is 74.0 cm³/mol. The Morgan fingerprint density at radius 1 is 1.19 bits per heavy atom. The van der Waals surface area contributed by atoms with Crippen LogP contribution in [0.4, 0.5) is 13.2 Å². The Labute approximate surface area is 124 Å². The molecule has 1 aromatic heterocycles. The molecule has 0 atom stereocenters. The lowest BCUT2D eigenvalue weighted by molar-refractivity contribution is -0.137. The average molecular weight is 316 g/mol. The molecule has 0 amide bonds. The molecule has 0 unspecified atom stereocenters. The van der Waals surface area contributed by atoms with E-state index >= 15 is 0 Å². The maximum absolute atomic E-state index is 12.8. The molecule has 0 aliphatic heterocycles. The minimum absolute atomic E-state index is 0.312. The van der Waals surface area contributed by atoms with E-state index in [0.717, 1.165) is 6.07 Å². The van der Waals surface area contributed by atoms with Crippen LogP contribution in [-0.2, 0) is 12.7 Å². The van der Waals surface area contributed by atoms with Crippen LogP contribution in [0.25, 0.3) is 11.3 Å². The molecule has 112 valence electrons. The molecule has 1 N–H and O–H groups in total. The summed E-state index contributed by atoms with van der Waals surface area (Å²) in [6.45, 7) is 0.588. The fraction of sp³-hybridized carbons (Fsp3) is 0.333. The Hall–Kier alpha value is -1.46. The van der Waals surface area contributed by atoms with Crippen molar-refractivity contribution in [2.24, 2.45) is 0 Å². The van der Waals surface area contributed by atoms with Gasteiger partial charge in [-0.25, -0.2) is 0 Å². The first kappa shape index (κ1) is 14.5. The quantitative estimate of drug-likeness (QED) is 0.870. The summed E-state index contributed by atoms with van der Waals surface area (Å²) in [4.78, 5) is 0. The fourth-order valence-corrected chi connectivity index (χ4v) is 2.28. The summed E-state index contributed by atoms with van der Waals surface area (Å²) in [7, 11) is 0. The Bertz CT molecular complexity index is 647. The largest absolute Gasteiger partial charge is 0.460 e. The SMILES string of the molecule is FC(F)(F)c1cc(-c2ccc(CNC3CC3)o2)ccc1Cl. The lowest BCUT2D eigenvalue weighted by Crippen LogP contribution is -2.14. The third-order valence-electron chi connectivity index (χ3n) is 3.36. The third-order valence-corrected chi connectivity index (χ3v) is 3.69. The number of alkyl halides is 3. The molecule has 1 saturated carbocycles. The second-order valence-electron chi connectivity index (χ2n) is 5.11. The van der Waals surface area contributed by atoms with Gasteiger partial charge in [0.15, 0.2) is 0 Å². The van der Waals surface area contributed by atoms with E-state index in [2.05, 4.69) is 5.32 Å². The predicted octanol–water partition coefficient (Wildman–Crippen LogP) is 4.87. The smallest absolute Gasteiger partial charge is 0.417 e. The normalized spacial score (nSPS) is 15.4. The van der Waals surface area contributed by atoms with Crippen LogP contribution >= 0.6 is 11.6 Å². The second-order valence-corrected chi connectivity index (χ2v) is 5.52. The van der Waals surface area contributed by atoms with Crippen molar-refractivity contribution < 1.29 is 17.6 Å². The van der Waals surface area contributed by atoms with Crippen LogP contribution in [0.1, 0.15) is 24.2 Å². The fourth-order valence-electron chi connectivity index (χ4n) is 2.06. The minimum atomic E-state index is -4.48. The van der Waals surface area contributed by atoms with Crippen molar-refractivity contribution >= 4 is 11.6 Å². The highest BCUT2D eigenvalue weighted by molar-refractivity contribution is 6.31. The number of benzene rings is 1. The molecule has 1 aliphatic rings. The first-order chi connectivity index (χ1) is 9.93. The molecule has 2 nitrogen and oxygen atoms in total. The van der Waals surface area contributed by atoms with Crippen molar-refractivity contribution in [1.82, 2.24) is 5.32 Å². The molecule has 6 heteroatoms. The standard InChI is InChI=1S/C15H13ClF3NO/c16-13-5-1-9(7-12(13)15(17,18)19)14-6-4-11(21-14)8-20-10-2-3-10/h1,4-7,10,20H,2-3,8H2. The van der Waals surface area contributed by atoms with E-state index in [4.69, 9.17) is 16.0 Å². The Kier molecular flexibility index (Phi) is 3.71. The Balaban J connectivity index is 1.82. The number of hydrogen-bond donors (Lipinski definition) is 1. The number of hydrogen-bond acceptors (Lipinski definition) is 2. The van der Waals surface area contributed by atoms with E-state index in [0.29, 0.717) is 29.7 Å². The third kappa shape index (κ3) is 3.41. The number of nitrogens with one attached hydrogen (secondary N) is 1. The molecular formula is C15H13ClF3NO. The number of halogens is 4. The van der Waals surface area contributed by atoms with Crippen molar-refractivity contribution in [3.63, 3.8) is 0 Å². The van der Waals surface area contributed by atoms with Crippen molar-refractivity contribution in [2.45, 2.75) is 31.6 Å². The van der Waals surface area contributed by atoms with Crippen molar-refractivity contribution in [3.8, 4) is 11.3 Å². The zero-order valence-electron chi connectivity index (χ0n) is 11.0. The van der Waals surface area contributed by atoms with Gasteiger partial charge in [0.25, 0.3) is 0 Å². The summed E-state index contributed by atoms with van der Waals surface area (Å²) >= 11 is 5.60. The van der Waals surface area contributed by atoms with Gasteiger partial charge in [0.2, 0.25) is 0 Å². The molecule has 2 aromatic rings. The van der Waals surface area contributed by atoms with E-state index in [9.17, 15) is 13.2 Å². The lowest BCUT2D eigenvalue weighted by atomic mass is 10.1. The van der Waals surface area contributed by atoms with Crippen LogP contribution < -0.4 is 5.32 Å². The summed E-state index contributed by atoms with van der Waals surface area (Å²) in [6.07, 6.45) is -2.14. The summed E-state index contributed by atoms with van der Waals surface area (Å²) in [5.74, 6) is 1.12. The van der Waals surface area contributed by atoms with Gasteiger partial charge in [-0.2, -0.15) is 13.2 Å². The minimum Gasteiger partial charge on any atom is -0.460 e. The highest BCUT2D eigenvalue weighted by Gasteiger charge is 2.33. The van der Waals surface area contributed by atoms with Crippen LogP contribution in [-0.4, -0.2) is 6.04 Å². The topological polar surface area (TPSA) is 25.2 Å². The molecule has 1 aromatic carbocycles. The van der Waals surface area contributed by atoms with Gasteiger partial charge in [-0.05, 0) is 43.2 Å². The van der Waals surface area contributed by atoms with Gasteiger partial charge < -0.3 is 9.73 Å². The van der Waals surface area contributed by atoms with Crippen LogP contribution in [0, 0.1) is 0 Å². The number of rotatable bonds is 4. The average Bonchev–Trinajstić information content (AvgIpc) is 3.13. The van der Waals surface area contributed by atoms with Crippen LogP contribution in [0.3, 0.4) is 0 Å². The van der Waals surface area contributed by atoms with Crippen LogP contribution in [0.5, 0.6) is 0 Å². The first-order valence-electron chi connectivity index (χ1n) is 6.63. The van der Waals surface area contributed by atoms with Gasteiger partial charge in [-0.15, -0.1) is 0 Å². The van der Waals surface area contributed by atoms with Gasteiger partial charge in [0, 0.05) is 11.6 Å². The maximum Gasteiger partial charge on any atom is 0.417 e. The monoisotopic (exact) mass is 315 g/mol. The molecule has 1 fully saturated rings. The highest BCUT2D eigenvalue weighted by atomic mass is 35.5. The maximum atomic E-state index is 12.8. The highest BCUT2D eigenvalue weighted by Crippen LogP contribution is 2.37. The molecule has 1 heterocycles. The first-order valence-corrected chi connectivity index (χ1v) is 7.00. The molecular weight excluding hydrogens is 303 g/mol. The summed E-state index contributed by atoms with van der Waals surface area (Å²) < 4.78 is 44.1. The van der Waals surface area contributed by atoms with E-state index < -0.39 is 11.7 Å². The van der Waals surface area contributed by atoms with Gasteiger partial charge >= 0.3 is 6.18 Å². The molecule has 1 aliphatic carbocycles. The second kappa shape index (κ2) is 5.39. The van der Waals surface area contributed by atoms with Gasteiger partial charge in [-0.3, -0.25) is 0 Å². The molecule has 21 heavy (non-hydrogen) atoms. The lowest BCUT2D eigenvalue weighted by Gasteiger charge is -2.10. The van der Waals surface area contributed by atoms with Crippen LogP contribution in [0.2, 0.25) is 5.02 Å². The van der Waals surface area contributed by atoms with Crippen molar-refractivity contribution in [3.05, 3.63) is 46.7 Å². The molecule has 0 spiro atoms. The summed E-state index contributed by atoms with van der Waals surface area (Å²) in [5.41, 5.74) is -0.486. The molecule has 3 rings (SSSR count). The Morgan fingerprint density at radius 3 is 2.62 bits per heavy atom. The van der Waals surface area contributed by atoms with E-state index in [1.165, 1.54) is 25.0 Å². The van der Waals surface area contributed by atoms with Crippen molar-refractivity contribution in [2.75, 3.05) is 0 Å². The summed E-state index contributed by atoms with van der Waals surface area (Å²) in [5, 5.41) is 2.98. The van der Waals surface area contributed by atoms with Gasteiger partial charge in [0.05, 0.1) is 17.1 Å². The van der Waals surface area contributed by atoms with Gasteiger partial charge in [-0.1, -0.05) is 11.6 Å². The zero-order chi connectivity index (χ0) is 15.0. The molecule has 0 bridgehead atoms. The molecule has 0 saturated heterocycles.